The van der Waals surface area contributed by atoms with Crippen molar-refractivity contribution in [1.82, 2.24) is 14.8 Å². The first-order chi connectivity index (χ1) is 16.8. The van der Waals surface area contributed by atoms with Gasteiger partial charge < -0.3 is 14.6 Å². The molecule has 0 aliphatic carbocycles. The second-order valence-electron chi connectivity index (χ2n) is 7.73. The Morgan fingerprint density at radius 2 is 2.17 bits per heavy atom. The molecule has 0 saturated heterocycles. The van der Waals surface area contributed by atoms with Crippen molar-refractivity contribution in [3.05, 3.63) is 46.5 Å². The molecule has 0 saturated carbocycles. The average Bonchev–Trinajstić information content (AvgIpc) is 3.51. The number of nitrogens with zero attached hydrogens (tertiary/aromatic N) is 4. The van der Waals surface area contributed by atoms with Gasteiger partial charge in [-0.15, -0.1) is 16.4 Å². The van der Waals surface area contributed by atoms with Crippen LogP contribution in [0.2, 0.25) is 0 Å². The number of aliphatic carboxylic acids is 1. The van der Waals surface area contributed by atoms with E-state index in [4.69, 9.17) is 14.6 Å². The number of sulfonamides is 1. The quantitative estimate of drug-likeness (QED) is 0.430. The third-order valence-electron chi connectivity index (χ3n) is 5.33. The molecule has 1 aliphatic rings. The number of fused-ring (bicyclic) bond motifs is 1. The fraction of sp³-hybridized carbons (Fsp3) is 0.348. The van der Waals surface area contributed by atoms with Crippen LogP contribution in [0, 0.1) is 0 Å². The molecule has 2 aromatic heterocycles. The van der Waals surface area contributed by atoms with E-state index < -0.39 is 22.1 Å². The predicted octanol–water partition coefficient (Wildman–Crippen LogP) is 3.75. The van der Waals surface area contributed by atoms with Gasteiger partial charge in [0.05, 0.1) is 18.8 Å². The van der Waals surface area contributed by atoms with E-state index in [0.717, 1.165) is 10.6 Å². The van der Waals surface area contributed by atoms with E-state index in [1.807, 2.05) is 30.5 Å². The molecule has 0 amide bonds. The molecule has 4 rings (SSSR count). The molecule has 3 heterocycles. The Labute approximate surface area is 207 Å². The van der Waals surface area contributed by atoms with Gasteiger partial charge in [0.2, 0.25) is 0 Å². The normalized spacial score (nSPS) is 15.7. The van der Waals surface area contributed by atoms with E-state index in [9.17, 15) is 13.2 Å². The molecule has 186 valence electrons. The number of carbonyl (C=O) groups is 1. The summed E-state index contributed by atoms with van der Waals surface area (Å²) >= 11 is 1.49. The van der Waals surface area contributed by atoms with Crippen LogP contribution in [-0.4, -0.2) is 53.5 Å². The number of rotatable bonds is 10. The fourth-order valence-electron chi connectivity index (χ4n) is 3.66. The van der Waals surface area contributed by atoms with Gasteiger partial charge >= 0.3 is 5.97 Å². The smallest absolute Gasteiger partial charge is 0.303 e. The molecule has 12 heteroatoms. The maximum absolute atomic E-state index is 13.9. The van der Waals surface area contributed by atoms with Crippen LogP contribution < -0.4 is 13.8 Å². The lowest BCUT2D eigenvalue weighted by atomic mass is 10.1. The van der Waals surface area contributed by atoms with E-state index in [1.165, 1.54) is 26.5 Å². The standard InChI is InChI=1S/C23H26N4O6S2/c1-3-26-15-20(23(25-26)32-4-2)35(30,31)27-14-17(7-10-22(28)29)33-19-8-5-16(13-18(19)27)6-9-21-24-11-12-34-21/h5-6,8-9,11-13,15,17H,3-4,7,10,14H2,1-2H3,(H,28,29). The first-order valence-corrected chi connectivity index (χ1v) is 13.5. The molecule has 1 atom stereocenters. The number of hydrogen-bond acceptors (Lipinski definition) is 8. The lowest BCUT2D eigenvalue weighted by molar-refractivity contribution is -0.137. The van der Waals surface area contributed by atoms with Gasteiger partial charge in [0.25, 0.3) is 15.9 Å². The van der Waals surface area contributed by atoms with Gasteiger partial charge in [0.15, 0.2) is 4.90 Å². The maximum Gasteiger partial charge on any atom is 0.303 e. The Morgan fingerprint density at radius 3 is 2.86 bits per heavy atom. The topological polar surface area (TPSA) is 124 Å². The summed E-state index contributed by atoms with van der Waals surface area (Å²) in [4.78, 5) is 15.3. The van der Waals surface area contributed by atoms with Gasteiger partial charge in [-0.25, -0.2) is 13.4 Å². The molecular formula is C23H26N4O6S2. The van der Waals surface area contributed by atoms with Crippen molar-refractivity contribution in [2.45, 2.75) is 44.2 Å². The number of hydrogen-bond donors (Lipinski definition) is 1. The second-order valence-corrected chi connectivity index (χ2v) is 10.5. The summed E-state index contributed by atoms with van der Waals surface area (Å²) in [5.41, 5.74) is 1.13. The fourth-order valence-corrected chi connectivity index (χ4v) is 5.77. The Kier molecular flexibility index (Phi) is 7.41. The molecule has 1 aromatic carbocycles. The summed E-state index contributed by atoms with van der Waals surface area (Å²) in [5.74, 6) is -0.578. The van der Waals surface area contributed by atoms with E-state index >= 15 is 0 Å². The van der Waals surface area contributed by atoms with Gasteiger partial charge in [-0.2, -0.15) is 0 Å². The summed E-state index contributed by atoms with van der Waals surface area (Å²) in [6.45, 7) is 4.31. The van der Waals surface area contributed by atoms with Crippen molar-refractivity contribution in [3.8, 4) is 11.6 Å². The first kappa shape index (κ1) is 24.7. The van der Waals surface area contributed by atoms with Gasteiger partial charge in [-0.05, 0) is 44.0 Å². The number of carboxylic acids is 1. The predicted molar refractivity (Wildman–Crippen MR) is 132 cm³/mol. The summed E-state index contributed by atoms with van der Waals surface area (Å²) < 4.78 is 42.1. The van der Waals surface area contributed by atoms with Crippen molar-refractivity contribution in [2.24, 2.45) is 0 Å². The van der Waals surface area contributed by atoms with Crippen LogP contribution in [0.1, 0.15) is 37.3 Å². The minimum absolute atomic E-state index is 0.0318. The van der Waals surface area contributed by atoms with Crippen molar-refractivity contribution in [2.75, 3.05) is 17.5 Å². The molecule has 0 spiro atoms. The van der Waals surface area contributed by atoms with Crippen LogP contribution in [0.4, 0.5) is 5.69 Å². The minimum atomic E-state index is -4.10. The third-order valence-corrected chi connectivity index (χ3v) is 7.84. The van der Waals surface area contributed by atoms with Crippen molar-refractivity contribution in [3.63, 3.8) is 0 Å². The number of anilines is 1. The first-order valence-electron chi connectivity index (χ1n) is 11.1. The zero-order chi connectivity index (χ0) is 25.0. The number of carboxylic acid groups (broad SMARTS) is 1. The van der Waals surface area contributed by atoms with Crippen LogP contribution in [0.3, 0.4) is 0 Å². The van der Waals surface area contributed by atoms with Crippen molar-refractivity contribution < 1.29 is 27.8 Å². The van der Waals surface area contributed by atoms with Gasteiger partial charge in [0.1, 0.15) is 16.9 Å². The lowest BCUT2D eigenvalue weighted by Crippen LogP contribution is -2.43. The largest absolute Gasteiger partial charge is 0.486 e. The van der Waals surface area contributed by atoms with Crippen LogP contribution in [0.25, 0.3) is 12.2 Å². The molecule has 10 nitrogen and oxygen atoms in total. The van der Waals surface area contributed by atoms with E-state index in [0.29, 0.717) is 18.0 Å². The molecule has 1 unspecified atom stereocenters. The molecule has 0 radical (unpaired) electrons. The number of aromatic nitrogens is 3. The monoisotopic (exact) mass is 518 g/mol. The van der Waals surface area contributed by atoms with Crippen molar-refractivity contribution in [1.29, 1.82) is 0 Å². The van der Waals surface area contributed by atoms with Crippen LogP contribution in [0.5, 0.6) is 11.6 Å². The minimum Gasteiger partial charge on any atom is -0.486 e. The van der Waals surface area contributed by atoms with Gasteiger partial charge in [-0.3, -0.25) is 13.8 Å². The molecule has 35 heavy (non-hydrogen) atoms. The zero-order valence-corrected chi connectivity index (χ0v) is 21.0. The highest BCUT2D eigenvalue weighted by molar-refractivity contribution is 7.93. The Balaban J connectivity index is 1.76. The van der Waals surface area contributed by atoms with E-state index in [-0.39, 0.29) is 36.8 Å². The highest BCUT2D eigenvalue weighted by Crippen LogP contribution is 2.40. The van der Waals surface area contributed by atoms with Gasteiger partial charge in [-0.1, -0.05) is 12.1 Å². The molecule has 3 aromatic rings. The summed E-state index contributed by atoms with van der Waals surface area (Å²) in [7, 11) is -4.10. The van der Waals surface area contributed by atoms with Crippen LogP contribution in [0.15, 0.2) is 40.9 Å². The number of ether oxygens (including phenoxy) is 2. The number of benzene rings is 1. The number of thiazole rings is 1. The molecular weight excluding hydrogens is 492 g/mol. The highest BCUT2D eigenvalue weighted by atomic mass is 32.2. The van der Waals surface area contributed by atoms with Crippen LogP contribution >= 0.6 is 11.3 Å². The molecule has 0 fully saturated rings. The lowest BCUT2D eigenvalue weighted by Gasteiger charge is -2.35. The highest BCUT2D eigenvalue weighted by Gasteiger charge is 2.37. The third kappa shape index (κ3) is 5.49. The van der Waals surface area contributed by atoms with E-state index in [2.05, 4.69) is 10.1 Å². The zero-order valence-electron chi connectivity index (χ0n) is 19.3. The SMILES string of the molecule is CCOc1nn(CC)cc1S(=O)(=O)N1CC(CCC(=O)O)Oc2ccc(C=Cc3nccs3)cc21. The molecule has 0 bridgehead atoms. The Bertz CT molecular complexity index is 1320. The Morgan fingerprint density at radius 1 is 1.34 bits per heavy atom. The molecule has 1 N–H and O–H groups in total. The maximum atomic E-state index is 13.9. The van der Waals surface area contributed by atoms with Crippen molar-refractivity contribution >= 4 is 45.2 Å². The summed E-state index contributed by atoms with van der Waals surface area (Å²) in [6.07, 6.45) is 6.27. The van der Waals surface area contributed by atoms with Crippen LogP contribution in [-0.2, 0) is 21.4 Å². The Hall–Kier alpha value is -3.38. The summed E-state index contributed by atoms with van der Waals surface area (Å²) in [6, 6.07) is 5.24. The second kappa shape index (κ2) is 10.5. The van der Waals surface area contributed by atoms with Gasteiger partial charge in [0, 0.05) is 30.7 Å². The average molecular weight is 519 g/mol. The summed E-state index contributed by atoms with van der Waals surface area (Å²) in [5, 5.41) is 16.1. The van der Waals surface area contributed by atoms with E-state index in [1.54, 1.807) is 25.3 Å². The molecule has 1 aliphatic heterocycles. The number of aryl methyl sites for hydroxylation is 1.